The Balaban J connectivity index is 2.02. The van der Waals surface area contributed by atoms with Crippen LogP contribution in [0.2, 0.25) is 0 Å². The Hall–Kier alpha value is -3.55. The maximum atomic E-state index is 16.3. The Bertz CT molecular complexity index is 943. The number of fused-ring (bicyclic) bond motifs is 1. The van der Waals surface area contributed by atoms with Crippen LogP contribution in [0, 0.1) is 0 Å². The largest absolute Gasteiger partial charge is 0.467 e. The van der Waals surface area contributed by atoms with Gasteiger partial charge in [0.05, 0.1) is 18.2 Å². The van der Waals surface area contributed by atoms with Crippen molar-refractivity contribution in [2.45, 2.75) is 25.2 Å². The molecule has 0 fully saturated rings. The van der Waals surface area contributed by atoms with Crippen molar-refractivity contribution in [2.75, 3.05) is 7.11 Å². The highest BCUT2D eigenvalue weighted by molar-refractivity contribution is 6.23. The molecular formula is C21H19FN2O5. The molecule has 1 aliphatic heterocycles. The molecule has 1 aliphatic rings. The SMILES string of the molecule is COC(=O)[C@H](C)NC(=O)C(F)(Cc1ccccc1)N1C(=O)c2ccccc2C1=O. The molecule has 1 N–H and O–H groups in total. The summed E-state index contributed by atoms with van der Waals surface area (Å²) in [5.74, 6) is -6.94. The van der Waals surface area contributed by atoms with E-state index in [1.807, 2.05) is 0 Å². The first kappa shape index (κ1) is 20.2. The number of amides is 3. The second kappa shape index (κ2) is 7.83. The fraction of sp³-hybridized carbons (Fsp3) is 0.238. The Kier molecular flexibility index (Phi) is 5.45. The number of nitrogens with one attached hydrogen (secondary N) is 1. The molecule has 0 radical (unpaired) electrons. The number of ether oxygens (including phenoxy) is 1. The predicted molar refractivity (Wildman–Crippen MR) is 101 cm³/mol. The number of methoxy groups -OCH3 is 1. The minimum Gasteiger partial charge on any atom is -0.467 e. The lowest BCUT2D eigenvalue weighted by molar-refractivity contribution is -0.149. The zero-order valence-corrected chi connectivity index (χ0v) is 15.8. The molecule has 1 unspecified atom stereocenters. The molecule has 3 amide bonds. The van der Waals surface area contributed by atoms with Crippen molar-refractivity contribution in [1.82, 2.24) is 10.2 Å². The molecule has 0 bridgehead atoms. The average Bonchev–Trinajstić information content (AvgIpc) is 2.99. The molecular weight excluding hydrogens is 379 g/mol. The summed E-state index contributed by atoms with van der Waals surface area (Å²) in [7, 11) is 1.13. The first-order valence-electron chi connectivity index (χ1n) is 8.89. The highest BCUT2D eigenvalue weighted by atomic mass is 19.1. The Labute approximate surface area is 166 Å². The molecule has 0 saturated carbocycles. The number of halogens is 1. The quantitative estimate of drug-likeness (QED) is 0.456. The summed E-state index contributed by atoms with van der Waals surface area (Å²) in [4.78, 5) is 50.5. The van der Waals surface area contributed by atoms with Crippen molar-refractivity contribution < 1.29 is 28.3 Å². The molecule has 8 heteroatoms. The second-order valence-corrected chi connectivity index (χ2v) is 6.63. The highest BCUT2D eigenvalue weighted by Crippen LogP contribution is 2.33. The van der Waals surface area contributed by atoms with Crippen molar-refractivity contribution in [3.63, 3.8) is 0 Å². The van der Waals surface area contributed by atoms with Crippen LogP contribution < -0.4 is 5.32 Å². The van der Waals surface area contributed by atoms with Crippen LogP contribution >= 0.6 is 0 Å². The smallest absolute Gasteiger partial charge is 0.328 e. The molecule has 0 spiro atoms. The predicted octanol–water partition coefficient (Wildman–Crippen LogP) is 1.87. The zero-order chi connectivity index (χ0) is 21.2. The number of nitrogens with zero attached hydrogens (tertiary/aromatic N) is 1. The highest BCUT2D eigenvalue weighted by Gasteiger charge is 2.55. The standard InChI is InChI=1S/C21H19FN2O5/c1-13(19(27)29-2)23-20(28)21(22,12-14-8-4-3-5-9-14)24-17(25)15-10-6-7-11-16(15)18(24)26/h3-11,13H,12H2,1-2H3,(H,23,28)/t13-,21?/m0/s1. The zero-order valence-electron chi connectivity index (χ0n) is 15.8. The maximum absolute atomic E-state index is 16.3. The number of esters is 1. The minimum absolute atomic E-state index is 0.0152. The van der Waals surface area contributed by atoms with Gasteiger partial charge in [0.25, 0.3) is 23.5 Å². The van der Waals surface area contributed by atoms with E-state index >= 15 is 4.39 Å². The molecule has 29 heavy (non-hydrogen) atoms. The van der Waals surface area contributed by atoms with Gasteiger partial charge in [-0.05, 0) is 24.6 Å². The van der Waals surface area contributed by atoms with Crippen LogP contribution in [-0.2, 0) is 20.7 Å². The van der Waals surface area contributed by atoms with Crippen LogP contribution in [-0.4, -0.2) is 47.5 Å². The van der Waals surface area contributed by atoms with E-state index in [9.17, 15) is 19.2 Å². The lowest BCUT2D eigenvalue weighted by Crippen LogP contribution is -2.61. The van der Waals surface area contributed by atoms with Gasteiger partial charge in [-0.25, -0.2) is 14.1 Å². The van der Waals surface area contributed by atoms with Crippen LogP contribution in [0.4, 0.5) is 4.39 Å². The van der Waals surface area contributed by atoms with Crippen LogP contribution in [0.5, 0.6) is 0 Å². The van der Waals surface area contributed by atoms with E-state index in [4.69, 9.17) is 0 Å². The third-order valence-corrected chi connectivity index (χ3v) is 4.68. The van der Waals surface area contributed by atoms with Gasteiger partial charge in [-0.2, -0.15) is 0 Å². The van der Waals surface area contributed by atoms with Gasteiger partial charge in [0, 0.05) is 6.42 Å². The molecule has 0 saturated heterocycles. The van der Waals surface area contributed by atoms with Crippen molar-refractivity contribution in [3.8, 4) is 0 Å². The number of benzene rings is 2. The summed E-state index contributed by atoms with van der Waals surface area (Å²) in [6, 6.07) is 12.9. The molecule has 0 aliphatic carbocycles. The van der Waals surface area contributed by atoms with Gasteiger partial charge in [-0.1, -0.05) is 42.5 Å². The number of hydrogen-bond donors (Lipinski definition) is 1. The van der Waals surface area contributed by atoms with Gasteiger partial charge >= 0.3 is 5.97 Å². The van der Waals surface area contributed by atoms with E-state index in [2.05, 4.69) is 10.1 Å². The molecule has 1 heterocycles. The molecule has 2 aromatic carbocycles. The van der Waals surface area contributed by atoms with E-state index in [1.54, 1.807) is 42.5 Å². The van der Waals surface area contributed by atoms with Gasteiger partial charge in [0.2, 0.25) is 0 Å². The van der Waals surface area contributed by atoms with Crippen LogP contribution in [0.3, 0.4) is 0 Å². The van der Waals surface area contributed by atoms with Crippen LogP contribution in [0.1, 0.15) is 33.2 Å². The van der Waals surface area contributed by atoms with Crippen molar-refractivity contribution in [1.29, 1.82) is 0 Å². The first-order chi connectivity index (χ1) is 13.8. The maximum Gasteiger partial charge on any atom is 0.328 e. The van der Waals surface area contributed by atoms with E-state index in [-0.39, 0.29) is 11.1 Å². The monoisotopic (exact) mass is 398 g/mol. The van der Waals surface area contributed by atoms with Crippen molar-refractivity contribution >= 4 is 23.7 Å². The molecule has 150 valence electrons. The number of alkyl halides is 1. The van der Waals surface area contributed by atoms with Gasteiger partial charge in [0.15, 0.2) is 0 Å². The third-order valence-electron chi connectivity index (χ3n) is 4.68. The fourth-order valence-electron chi connectivity index (χ4n) is 3.18. The number of carbonyl (C=O) groups is 4. The summed E-state index contributed by atoms with van der Waals surface area (Å²) in [6.45, 7) is 1.31. The average molecular weight is 398 g/mol. The molecule has 3 rings (SSSR count). The summed E-state index contributed by atoms with van der Waals surface area (Å²) < 4.78 is 20.8. The van der Waals surface area contributed by atoms with E-state index in [1.165, 1.54) is 19.1 Å². The number of hydrogen-bond acceptors (Lipinski definition) is 5. The Morgan fingerprint density at radius 1 is 1.03 bits per heavy atom. The lowest BCUT2D eigenvalue weighted by Gasteiger charge is -2.32. The van der Waals surface area contributed by atoms with Crippen LogP contribution in [0.15, 0.2) is 54.6 Å². The second-order valence-electron chi connectivity index (χ2n) is 6.63. The first-order valence-corrected chi connectivity index (χ1v) is 8.89. The summed E-state index contributed by atoms with van der Waals surface area (Å²) in [5.41, 5.74) is 0.426. The van der Waals surface area contributed by atoms with E-state index in [0.717, 1.165) is 7.11 Å². The van der Waals surface area contributed by atoms with Gasteiger partial charge in [0.1, 0.15) is 6.04 Å². The third kappa shape index (κ3) is 3.61. The topological polar surface area (TPSA) is 92.8 Å². The molecule has 7 nitrogen and oxygen atoms in total. The van der Waals surface area contributed by atoms with Gasteiger partial charge < -0.3 is 10.1 Å². The molecule has 2 aromatic rings. The summed E-state index contributed by atoms with van der Waals surface area (Å²) >= 11 is 0. The van der Waals surface area contributed by atoms with E-state index < -0.39 is 41.9 Å². The number of carbonyl (C=O) groups excluding carboxylic acids is 4. The Morgan fingerprint density at radius 2 is 1.55 bits per heavy atom. The normalized spacial score (nSPS) is 16.0. The van der Waals surface area contributed by atoms with Gasteiger partial charge in [-0.15, -0.1) is 0 Å². The lowest BCUT2D eigenvalue weighted by atomic mass is 10.0. The summed E-state index contributed by atoms with van der Waals surface area (Å²) in [6.07, 6.45) is -0.570. The van der Waals surface area contributed by atoms with Crippen molar-refractivity contribution in [2.24, 2.45) is 0 Å². The van der Waals surface area contributed by atoms with Crippen LogP contribution in [0.25, 0.3) is 0 Å². The number of imide groups is 1. The van der Waals surface area contributed by atoms with Crippen molar-refractivity contribution in [3.05, 3.63) is 71.3 Å². The fourth-order valence-corrected chi connectivity index (χ4v) is 3.18. The van der Waals surface area contributed by atoms with Gasteiger partial charge in [-0.3, -0.25) is 14.4 Å². The molecule has 0 aromatic heterocycles. The number of rotatable bonds is 6. The Morgan fingerprint density at radius 3 is 2.07 bits per heavy atom. The van der Waals surface area contributed by atoms with E-state index in [0.29, 0.717) is 10.5 Å². The summed E-state index contributed by atoms with van der Waals surface area (Å²) in [5, 5.41) is 2.20. The molecule has 2 atom stereocenters. The minimum atomic E-state index is -3.04.